The maximum atomic E-state index is 4.63. The first-order valence-electron chi connectivity index (χ1n) is 6.26. The van der Waals surface area contributed by atoms with Gasteiger partial charge in [-0.05, 0) is 34.1 Å². The lowest BCUT2D eigenvalue weighted by molar-refractivity contribution is 0.425. The zero-order valence-corrected chi connectivity index (χ0v) is 12.7. The van der Waals surface area contributed by atoms with Crippen molar-refractivity contribution in [3.8, 4) is 0 Å². The van der Waals surface area contributed by atoms with Gasteiger partial charge in [-0.25, -0.2) is 4.98 Å². The van der Waals surface area contributed by atoms with E-state index >= 15 is 0 Å². The SMILES string of the molecule is CCCN(C)c1nc(C)c(CNC(C)(C)C)s1. The first-order valence-corrected chi connectivity index (χ1v) is 7.07. The number of hydrogen-bond donors (Lipinski definition) is 1. The van der Waals surface area contributed by atoms with Crippen LogP contribution in [0.25, 0.3) is 0 Å². The zero-order chi connectivity index (χ0) is 13.1. The van der Waals surface area contributed by atoms with E-state index in [2.05, 4.69) is 56.9 Å². The highest BCUT2D eigenvalue weighted by Gasteiger charge is 2.14. The van der Waals surface area contributed by atoms with E-state index < -0.39 is 0 Å². The number of thiazole rings is 1. The van der Waals surface area contributed by atoms with Crippen molar-refractivity contribution in [3.63, 3.8) is 0 Å². The fourth-order valence-electron chi connectivity index (χ4n) is 1.52. The third-order valence-electron chi connectivity index (χ3n) is 2.55. The fourth-order valence-corrected chi connectivity index (χ4v) is 2.50. The van der Waals surface area contributed by atoms with Gasteiger partial charge in [-0.2, -0.15) is 0 Å². The van der Waals surface area contributed by atoms with E-state index in [1.165, 1.54) is 4.88 Å². The lowest BCUT2D eigenvalue weighted by Crippen LogP contribution is -2.34. The molecule has 0 aliphatic rings. The molecule has 1 rings (SSSR count). The van der Waals surface area contributed by atoms with Crippen LogP contribution >= 0.6 is 11.3 Å². The summed E-state index contributed by atoms with van der Waals surface area (Å²) in [5, 5.41) is 4.65. The monoisotopic (exact) mass is 255 g/mol. The summed E-state index contributed by atoms with van der Waals surface area (Å²) in [5.41, 5.74) is 1.32. The van der Waals surface area contributed by atoms with Crippen LogP contribution in [-0.2, 0) is 6.54 Å². The number of anilines is 1. The standard InChI is InChI=1S/C13H25N3S/c1-7-8-16(6)12-15-10(2)11(17-12)9-14-13(3,4)5/h14H,7-9H2,1-6H3. The Morgan fingerprint density at radius 1 is 1.35 bits per heavy atom. The second-order valence-corrected chi connectivity index (χ2v) is 6.59. The highest BCUT2D eigenvalue weighted by Crippen LogP contribution is 2.25. The molecule has 0 aromatic carbocycles. The Balaban J connectivity index is 2.68. The molecule has 0 unspecified atom stereocenters. The van der Waals surface area contributed by atoms with E-state index in [1.54, 1.807) is 11.3 Å². The Morgan fingerprint density at radius 3 is 2.53 bits per heavy atom. The molecule has 3 nitrogen and oxygen atoms in total. The maximum absolute atomic E-state index is 4.63. The van der Waals surface area contributed by atoms with Crippen LogP contribution in [0.3, 0.4) is 0 Å². The largest absolute Gasteiger partial charge is 0.351 e. The van der Waals surface area contributed by atoms with Crippen LogP contribution in [0, 0.1) is 6.92 Å². The van der Waals surface area contributed by atoms with E-state index in [4.69, 9.17) is 0 Å². The van der Waals surface area contributed by atoms with Gasteiger partial charge in [0.15, 0.2) is 5.13 Å². The van der Waals surface area contributed by atoms with E-state index in [1.807, 2.05) is 0 Å². The van der Waals surface area contributed by atoms with Crippen molar-refractivity contribution in [2.24, 2.45) is 0 Å². The van der Waals surface area contributed by atoms with Gasteiger partial charge < -0.3 is 10.2 Å². The number of aromatic nitrogens is 1. The van der Waals surface area contributed by atoms with Crippen molar-refractivity contribution in [3.05, 3.63) is 10.6 Å². The number of nitrogens with zero attached hydrogens (tertiary/aromatic N) is 2. The average molecular weight is 255 g/mol. The van der Waals surface area contributed by atoms with Crippen LogP contribution in [0.2, 0.25) is 0 Å². The minimum atomic E-state index is 0.159. The van der Waals surface area contributed by atoms with Gasteiger partial charge in [0.25, 0.3) is 0 Å². The number of rotatable bonds is 5. The summed E-state index contributed by atoms with van der Waals surface area (Å²) < 4.78 is 0. The van der Waals surface area contributed by atoms with E-state index in [-0.39, 0.29) is 5.54 Å². The molecule has 0 spiro atoms. The van der Waals surface area contributed by atoms with Crippen molar-refractivity contribution in [2.75, 3.05) is 18.5 Å². The van der Waals surface area contributed by atoms with E-state index in [9.17, 15) is 0 Å². The highest BCUT2D eigenvalue weighted by molar-refractivity contribution is 7.15. The molecule has 0 aliphatic heterocycles. The first kappa shape index (κ1) is 14.5. The lowest BCUT2D eigenvalue weighted by atomic mass is 10.1. The lowest BCUT2D eigenvalue weighted by Gasteiger charge is -2.20. The van der Waals surface area contributed by atoms with Crippen LogP contribution in [-0.4, -0.2) is 24.1 Å². The summed E-state index contributed by atoms with van der Waals surface area (Å²) in [5.74, 6) is 0. The summed E-state index contributed by atoms with van der Waals surface area (Å²) in [6.07, 6.45) is 1.16. The quantitative estimate of drug-likeness (QED) is 0.876. The normalized spacial score (nSPS) is 11.9. The number of nitrogens with one attached hydrogen (secondary N) is 1. The van der Waals surface area contributed by atoms with E-state index in [0.717, 1.165) is 30.3 Å². The van der Waals surface area contributed by atoms with Crippen LogP contribution < -0.4 is 10.2 Å². The molecule has 0 radical (unpaired) electrons. The van der Waals surface area contributed by atoms with Gasteiger partial charge in [0, 0.05) is 30.6 Å². The van der Waals surface area contributed by atoms with Crippen molar-refractivity contribution in [1.82, 2.24) is 10.3 Å². The Morgan fingerprint density at radius 2 is 2.00 bits per heavy atom. The number of hydrogen-bond acceptors (Lipinski definition) is 4. The fraction of sp³-hybridized carbons (Fsp3) is 0.769. The van der Waals surface area contributed by atoms with Gasteiger partial charge in [-0.1, -0.05) is 6.92 Å². The minimum absolute atomic E-state index is 0.159. The molecule has 0 bridgehead atoms. The molecule has 0 fully saturated rings. The predicted octanol–water partition coefficient (Wildman–Crippen LogP) is 3.19. The third kappa shape index (κ3) is 4.64. The molecular formula is C13H25N3S. The van der Waals surface area contributed by atoms with E-state index in [0.29, 0.717) is 0 Å². The molecule has 0 amide bonds. The summed E-state index contributed by atoms with van der Waals surface area (Å²) in [6.45, 7) is 12.8. The summed E-state index contributed by atoms with van der Waals surface area (Å²) >= 11 is 1.80. The Kier molecular flexibility index (Phi) is 4.95. The average Bonchev–Trinajstić information content (AvgIpc) is 2.56. The smallest absolute Gasteiger partial charge is 0.185 e. The van der Waals surface area contributed by atoms with Gasteiger partial charge >= 0.3 is 0 Å². The van der Waals surface area contributed by atoms with Crippen LogP contribution in [0.1, 0.15) is 44.7 Å². The van der Waals surface area contributed by atoms with Crippen molar-refractivity contribution >= 4 is 16.5 Å². The molecule has 1 aromatic heterocycles. The second kappa shape index (κ2) is 5.83. The molecule has 98 valence electrons. The Labute approximate surface area is 109 Å². The molecule has 0 saturated carbocycles. The molecule has 0 atom stereocenters. The van der Waals surface area contributed by atoms with Gasteiger partial charge in [0.1, 0.15) is 0 Å². The van der Waals surface area contributed by atoms with Gasteiger partial charge in [-0.3, -0.25) is 0 Å². The van der Waals surface area contributed by atoms with Gasteiger partial charge in [0.05, 0.1) is 5.69 Å². The summed E-state index contributed by atoms with van der Waals surface area (Å²) in [4.78, 5) is 8.21. The van der Waals surface area contributed by atoms with Crippen molar-refractivity contribution in [2.45, 2.75) is 53.1 Å². The molecular weight excluding hydrogens is 230 g/mol. The maximum Gasteiger partial charge on any atom is 0.185 e. The summed E-state index contributed by atoms with van der Waals surface area (Å²) in [6, 6.07) is 0. The molecule has 0 aliphatic carbocycles. The third-order valence-corrected chi connectivity index (χ3v) is 3.82. The molecule has 1 heterocycles. The first-order chi connectivity index (χ1) is 7.83. The minimum Gasteiger partial charge on any atom is -0.351 e. The number of aryl methyl sites for hydroxylation is 1. The van der Waals surface area contributed by atoms with Crippen molar-refractivity contribution in [1.29, 1.82) is 0 Å². The van der Waals surface area contributed by atoms with Crippen LogP contribution in [0.4, 0.5) is 5.13 Å². The Hall–Kier alpha value is -0.610. The molecule has 4 heteroatoms. The van der Waals surface area contributed by atoms with Gasteiger partial charge in [-0.15, -0.1) is 11.3 Å². The highest BCUT2D eigenvalue weighted by atomic mass is 32.1. The predicted molar refractivity (Wildman–Crippen MR) is 77.0 cm³/mol. The summed E-state index contributed by atoms with van der Waals surface area (Å²) in [7, 11) is 2.11. The molecule has 1 N–H and O–H groups in total. The van der Waals surface area contributed by atoms with Gasteiger partial charge in [0.2, 0.25) is 0 Å². The zero-order valence-electron chi connectivity index (χ0n) is 11.9. The van der Waals surface area contributed by atoms with Crippen molar-refractivity contribution < 1.29 is 0 Å². The molecule has 17 heavy (non-hydrogen) atoms. The molecule has 0 saturated heterocycles. The van der Waals surface area contributed by atoms with Crippen LogP contribution in [0.5, 0.6) is 0 Å². The Bertz CT molecular complexity index is 352. The molecule has 1 aromatic rings. The van der Waals surface area contributed by atoms with Crippen LogP contribution in [0.15, 0.2) is 0 Å². The second-order valence-electron chi connectivity index (χ2n) is 5.53. The topological polar surface area (TPSA) is 28.2 Å².